The van der Waals surface area contributed by atoms with Gasteiger partial charge in [0.2, 0.25) is 0 Å². The van der Waals surface area contributed by atoms with Crippen molar-refractivity contribution in [1.82, 2.24) is 15.2 Å². The number of hydrazone groups is 1. The van der Waals surface area contributed by atoms with Crippen molar-refractivity contribution in [2.75, 3.05) is 12.4 Å². The van der Waals surface area contributed by atoms with E-state index in [1.165, 1.54) is 11.8 Å². The summed E-state index contributed by atoms with van der Waals surface area (Å²) in [5.41, 5.74) is 4.78. The Morgan fingerprint density at radius 1 is 1.22 bits per heavy atom. The summed E-state index contributed by atoms with van der Waals surface area (Å²) in [7, 11) is 2.96. The fourth-order valence-corrected chi connectivity index (χ4v) is 1.83. The molecule has 8 nitrogen and oxygen atoms in total. The molecular weight excluding hydrogens is 298 g/mol. The van der Waals surface area contributed by atoms with Crippen molar-refractivity contribution in [1.29, 1.82) is 0 Å². The Morgan fingerprint density at radius 3 is 2.48 bits per heavy atom. The minimum atomic E-state index is -0.635. The molecule has 0 saturated heterocycles. The summed E-state index contributed by atoms with van der Waals surface area (Å²) in [4.78, 5) is 23.0. The van der Waals surface area contributed by atoms with Crippen molar-refractivity contribution in [3.05, 3.63) is 47.8 Å². The van der Waals surface area contributed by atoms with E-state index in [0.29, 0.717) is 17.1 Å². The number of benzene rings is 1. The molecule has 2 N–H and O–H groups in total. The zero-order chi connectivity index (χ0) is 16.8. The number of carbonyl (C=O) groups excluding carboxylic acids is 2. The molecule has 0 aliphatic heterocycles. The summed E-state index contributed by atoms with van der Waals surface area (Å²) in [6.45, 7) is 1.75. The number of nitrogens with one attached hydrogen (secondary N) is 2. The van der Waals surface area contributed by atoms with E-state index in [1.807, 2.05) is 0 Å². The Labute approximate surface area is 133 Å². The summed E-state index contributed by atoms with van der Waals surface area (Å²) in [6, 6.07) is 8.72. The predicted molar refractivity (Wildman–Crippen MR) is 85.4 cm³/mol. The molecule has 0 saturated carbocycles. The number of amides is 2. The SMILES string of the molecule is COC(=O)NN=C(C)c1ccc(NC(=O)c2ccnn2C)cc1. The van der Waals surface area contributed by atoms with Crippen LogP contribution >= 0.6 is 0 Å². The average Bonchev–Trinajstić information content (AvgIpc) is 2.99. The van der Waals surface area contributed by atoms with Crippen molar-refractivity contribution in [2.24, 2.45) is 12.1 Å². The highest BCUT2D eigenvalue weighted by molar-refractivity contribution is 6.03. The van der Waals surface area contributed by atoms with Crippen molar-refractivity contribution < 1.29 is 14.3 Å². The van der Waals surface area contributed by atoms with E-state index in [4.69, 9.17) is 0 Å². The maximum absolute atomic E-state index is 12.1. The van der Waals surface area contributed by atoms with Gasteiger partial charge in [-0.25, -0.2) is 10.2 Å². The highest BCUT2D eigenvalue weighted by Gasteiger charge is 2.10. The summed E-state index contributed by atoms with van der Waals surface area (Å²) in [5, 5.41) is 10.6. The van der Waals surface area contributed by atoms with Gasteiger partial charge in [-0.2, -0.15) is 10.2 Å². The van der Waals surface area contributed by atoms with Crippen molar-refractivity contribution >= 4 is 23.4 Å². The van der Waals surface area contributed by atoms with Gasteiger partial charge in [-0.05, 0) is 30.7 Å². The number of nitrogens with zero attached hydrogens (tertiary/aromatic N) is 3. The molecule has 1 aromatic heterocycles. The van der Waals surface area contributed by atoms with Gasteiger partial charge < -0.3 is 10.1 Å². The second kappa shape index (κ2) is 7.21. The Morgan fingerprint density at radius 2 is 1.91 bits per heavy atom. The van der Waals surface area contributed by atoms with E-state index < -0.39 is 6.09 Å². The molecule has 0 atom stereocenters. The monoisotopic (exact) mass is 315 g/mol. The molecule has 0 fully saturated rings. The van der Waals surface area contributed by atoms with E-state index in [0.717, 1.165) is 5.56 Å². The first-order chi connectivity index (χ1) is 11.0. The lowest BCUT2D eigenvalue weighted by atomic mass is 10.1. The smallest absolute Gasteiger partial charge is 0.427 e. The third-order valence-electron chi connectivity index (χ3n) is 3.11. The largest absolute Gasteiger partial charge is 0.452 e. The lowest BCUT2D eigenvalue weighted by molar-refractivity contribution is 0.101. The third kappa shape index (κ3) is 4.16. The standard InChI is InChI=1S/C15H17N5O3/c1-10(18-19-15(22)23-3)11-4-6-12(7-5-11)17-14(21)13-8-9-16-20(13)2/h4-9H,1-3H3,(H,17,21)(H,19,22). The van der Waals surface area contributed by atoms with Gasteiger partial charge in [0.25, 0.3) is 5.91 Å². The van der Waals surface area contributed by atoms with E-state index in [9.17, 15) is 9.59 Å². The van der Waals surface area contributed by atoms with E-state index >= 15 is 0 Å². The average molecular weight is 315 g/mol. The first-order valence-electron chi connectivity index (χ1n) is 6.79. The van der Waals surface area contributed by atoms with Gasteiger partial charge in [0.1, 0.15) is 5.69 Å². The van der Waals surface area contributed by atoms with Crippen LogP contribution in [-0.2, 0) is 11.8 Å². The first kappa shape index (κ1) is 16.2. The van der Waals surface area contributed by atoms with Crippen LogP contribution in [0.2, 0.25) is 0 Å². The van der Waals surface area contributed by atoms with Gasteiger partial charge in [0, 0.05) is 18.9 Å². The summed E-state index contributed by atoms with van der Waals surface area (Å²) >= 11 is 0. The zero-order valence-electron chi connectivity index (χ0n) is 13.0. The summed E-state index contributed by atoms with van der Waals surface area (Å²) < 4.78 is 5.93. The Kier molecular flexibility index (Phi) is 5.08. The molecule has 0 aliphatic carbocycles. The van der Waals surface area contributed by atoms with Crippen LogP contribution < -0.4 is 10.7 Å². The van der Waals surface area contributed by atoms with Crippen molar-refractivity contribution in [3.63, 3.8) is 0 Å². The second-order valence-corrected chi connectivity index (χ2v) is 4.67. The van der Waals surface area contributed by atoms with Crippen LogP contribution in [0.25, 0.3) is 0 Å². The molecule has 0 bridgehead atoms. The minimum absolute atomic E-state index is 0.240. The molecule has 1 aromatic carbocycles. The van der Waals surface area contributed by atoms with Crippen LogP contribution in [0, 0.1) is 0 Å². The Hall–Kier alpha value is -3.16. The number of carbonyl (C=O) groups is 2. The van der Waals surface area contributed by atoms with Crippen LogP contribution in [0.15, 0.2) is 41.6 Å². The van der Waals surface area contributed by atoms with Gasteiger partial charge >= 0.3 is 6.09 Å². The second-order valence-electron chi connectivity index (χ2n) is 4.67. The predicted octanol–water partition coefficient (Wildman–Crippen LogP) is 1.75. The topological polar surface area (TPSA) is 97.6 Å². The van der Waals surface area contributed by atoms with Crippen LogP contribution in [0.3, 0.4) is 0 Å². The summed E-state index contributed by atoms with van der Waals surface area (Å²) in [5.74, 6) is -0.240. The van der Waals surface area contributed by atoms with E-state index in [2.05, 4.69) is 25.7 Å². The van der Waals surface area contributed by atoms with Gasteiger partial charge in [0.15, 0.2) is 0 Å². The molecule has 0 spiro atoms. The van der Waals surface area contributed by atoms with Crippen molar-refractivity contribution in [2.45, 2.75) is 6.92 Å². The molecule has 23 heavy (non-hydrogen) atoms. The molecule has 1 heterocycles. The Bertz CT molecular complexity index is 734. The number of hydrogen-bond acceptors (Lipinski definition) is 5. The number of aryl methyl sites for hydroxylation is 1. The quantitative estimate of drug-likeness (QED) is 0.663. The third-order valence-corrected chi connectivity index (χ3v) is 3.11. The van der Waals surface area contributed by atoms with Gasteiger partial charge in [-0.3, -0.25) is 9.48 Å². The number of ether oxygens (including phenoxy) is 1. The lowest BCUT2D eigenvalue weighted by Crippen LogP contribution is -2.18. The molecule has 8 heteroatoms. The fourth-order valence-electron chi connectivity index (χ4n) is 1.83. The van der Waals surface area contributed by atoms with Crippen molar-refractivity contribution in [3.8, 4) is 0 Å². The molecule has 0 aliphatic rings. The van der Waals surface area contributed by atoms with Gasteiger partial charge in [0.05, 0.1) is 12.8 Å². The summed E-state index contributed by atoms with van der Waals surface area (Å²) in [6.07, 6.45) is 0.927. The maximum Gasteiger partial charge on any atom is 0.427 e. The molecular formula is C15H17N5O3. The molecule has 120 valence electrons. The first-order valence-corrected chi connectivity index (χ1v) is 6.79. The highest BCUT2D eigenvalue weighted by atomic mass is 16.5. The molecule has 0 radical (unpaired) electrons. The van der Waals surface area contributed by atoms with Crippen LogP contribution in [0.4, 0.5) is 10.5 Å². The molecule has 2 amide bonds. The van der Waals surface area contributed by atoms with Gasteiger partial charge in [-0.15, -0.1) is 0 Å². The number of methoxy groups -OCH3 is 1. The number of hydrogen-bond donors (Lipinski definition) is 2. The maximum atomic E-state index is 12.1. The van der Waals surface area contributed by atoms with Crippen LogP contribution in [0.1, 0.15) is 23.0 Å². The Balaban J connectivity index is 2.03. The van der Waals surface area contributed by atoms with E-state index in [1.54, 1.807) is 50.5 Å². The molecule has 2 aromatic rings. The van der Waals surface area contributed by atoms with Crippen LogP contribution in [-0.4, -0.2) is 34.6 Å². The number of rotatable bonds is 4. The van der Waals surface area contributed by atoms with Gasteiger partial charge in [-0.1, -0.05) is 12.1 Å². The lowest BCUT2D eigenvalue weighted by Gasteiger charge is -2.07. The number of anilines is 1. The van der Waals surface area contributed by atoms with Crippen LogP contribution in [0.5, 0.6) is 0 Å². The highest BCUT2D eigenvalue weighted by Crippen LogP contribution is 2.12. The van der Waals surface area contributed by atoms with E-state index in [-0.39, 0.29) is 5.91 Å². The molecule has 2 rings (SSSR count). The minimum Gasteiger partial charge on any atom is -0.452 e. The molecule has 0 unspecified atom stereocenters. The normalized spacial score (nSPS) is 11.0. The fraction of sp³-hybridized carbons (Fsp3) is 0.200. The zero-order valence-corrected chi connectivity index (χ0v) is 13.0. The number of aromatic nitrogens is 2.